The Kier molecular flexibility index (Phi) is 4.85. The highest BCUT2D eigenvalue weighted by atomic mass is 16.6. The van der Waals surface area contributed by atoms with Crippen LogP contribution < -0.4 is 0 Å². The second-order valence-electron chi connectivity index (χ2n) is 6.51. The number of hydrogen-bond donors (Lipinski definition) is 0. The third-order valence-electron chi connectivity index (χ3n) is 4.89. The van der Waals surface area contributed by atoms with Crippen molar-refractivity contribution in [1.29, 1.82) is 0 Å². The van der Waals surface area contributed by atoms with Gasteiger partial charge in [-0.15, -0.1) is 0 Å². The van der Waals surface area contributed by atoms with Crippen LogP contribution in [-0.4, -0.2) is 34.0 Å². The normalized spacial score (nSPS) is 14.2. The van der Waals surface area contributed by atoms with E-state index in [0.29, 0.717) is 11.5 Å². The molecule has 0 saturated carbocycles. The number of Topliss-reactive ketones (excluding diaryl/α,β-unsaturated/α-hetero) is 1. The molecule has 138 valence electrons. The number of nitro benzene ring substituents is 1. The summed E-state index contributed by atoms with van der Waals surface area (Å²) >= 11 is 0. The molecule has 7 heteroatoms. The Morgan fingerprint density at radius 1 is 1.11 bits per heavy atom. The highest BCUT2D eigenvalue weighted by Crippen LogP contribution is 2.30. The summed E-state index contributed by atoms with van der Waals surface area (Å²) in [6.45, 7) is 3.71. The minimum atomic E-state index is -0.813. The molecule has 0 unspecified atom stereocenters. The van der Waals surface area contributed by atoms with Gasteiger partial charge in [0.05, 0.1) is 17.0 Å². The van der Waals surface area contributed by atoms with E-state index in [9.17, 15) is 24.5 Å². The van der Waals surface area contributed by atoms with Crippen LogP contribution in [0.25, 0.3) is 0 Å². The van der Waals surface area contributed by atoms with Gasteiger partial charge < -0.3 is 0 Å². The molecule has 7 nitrogen and oxygen atoms in total. The third-order valence-corrected chi connectivity index (χ3v) is 4.89. The number of carbonyl (C=O) groups is 3. The van der Waals surface area contributed by atoms with E-state index in [4.69, 9.17) is 0 Å². The summed E-state index contributed by atoms with van der Waals surface area (Å²) in [5.41, 5.74) is 0.749. The van der Waals surface area contributed by atoms with Crippen molar-refractivity contribution in [2.24, 2.45) is 0 Å². The maximum atomic E-state index is 12.5. The molecule has 2 amide bonds. The first-order valence-electron chi connectivity index (χ1n) is 8.61. The summed E-state index contributed by atoms with van der Waals surface area (Å²) in [4.78, 5) is 48.7. The minimum Gasteiger partial charge on any atom is -0.292 e. The average molecular weight is 366 g/mol. The lowest BCUT2D eigenvalue weighted by molar-refractivity contribution is -0.385. The zero-order chi connectivity index (χ0) is 19.7. The van der Waals surface area contributed by atoms with Crippen LogP contribution in [0.15, 0.2) is 42.5 Å². The zero-order valence-corrected chi connectivity index (χ0v) is 15.0. The van der Waals surface area contributed by atoms with Gasteiger partial charge in [-0.2, -0.15) is 0 Å². The number of carbonyl (C=O) groups excluding carboxylic acids is 3. The molecule has 0 saturated heterocycles. The van der Waals surface area contributed by atoms with Gasteiger partial charge in [-0.1, -0.05) is 44.2 Å². The first-order chi connectivity index (χ1) is 12.8. The molecule has 0 N–H and O–H groups in total. The summed E-state index contributed by atoms with van der Waals surface area (Å²) in [6.07, 6.45) is 0.973. The van der Waals surface area contributed by atoms with Gasteiger partial charge in [0, 0.05) is 11.6 Å². The van der Waals surface area contributed by atoms with Crippen LogP contribution in [0.3, 0.4) is 0 Å². The number of rotatable bonds is 6. The number of hydrogen-bond acceptors (Lipinski definition) is 5. The van der Waals surface area contributed by atoms with Crippen LogP contribution in [0.2, 0.25) is 0 Å². The van der Waals surface area contributed by atoms with Crippen molar-refractivity contribution in [1.82, 2.24) is 4.90 Å². The van der Waals surface area contributed by atoms with Gasteiger partial charge in [0.25, 0.3) is 17.5 Å². The standard InChI is InChI=1S/C20H18N2O5/c1-3-12(2)13-7-9-14(10-8-13)17(23)11-21-19(24)15-5-4-6-16(22(26)27)18(15)20(21)25/h4-10,12H,3,11H2,1-2H3/t12-/m0/s1. The molecule has 2 aromatic carbocycles. The Hall–Kier alpha value is -3.35. The lowest BCUT2D eigenvalue weighted by atomic mass is 9.97. The van der Waals surface area contributed by atoms with Crippen molar-refractivity contribution in [3.63, 3.8) is 0 Å². The Bertz CT molecular complexity index is 949. The van der Waals surface area contributed by atoms with Crippen LogP contribution >= 0.6 is 0 Å². The molecule has 0 bridgehead atoms. The quantitative estimate of drug-likeness (QED) is 0.337. The van der Waals surface area contributed by atoms with E-state index in [0.717, 1.165) is 16.9 Å². The Balaban J connectivity index is 1.83. The molecule has 0 aromatic heterocycles. The first-order valence-corrected chi connectivity index (χ1v) is 8.61. The predicted molar refractivity (Wildman–Crippen MR) is 97.9 cm³/mol. The van der Waals surface area contributed by atoms with Crippen LogP contribution in [-0.2, 0) is 0 Å². The molecule has 2 aromatic rings. The van der Waals surface area contributed by atoms with Gasteiger partial charge >= 0.3 is 0 Å². The van der Waals surface area contributed by atoms with Crippen molar-refractivity contribution >= 4 is 23.3 Å². The van der Waals surface area contributed by atoms with E-state index in [1.54, 1.807) is 12.1 Å². The fraction of sp³-hybridized carbons (Fsp3) is 0.250. The largest absolute Gasteiger partial charge is 0.292 e. The summed E-state index contributed by atoms with van der Waals surface area (Å²) < 4.78 is 0. The molecule has 0 aliphatic carbocycles. The zero-order valence-electron chi connectivity index (χ0n) is 15.0. The number of benzene rings is 2. The lowest BCUT2D eigenvalue weighted by Crippen LogP contribution is -2.35. The van der Waals surface area contributed by atoms with Crippen molar-refractivity contribution in [2.75, 3.05) is 6.54 Å². The maximum absolute atomic E-state index is 12.5. The van der Waals surface area contributed by atoms with Crippen LogP contribution in [0.4, 0.5) is 5.69 Å². The van der Waals surface area contributed by atoms with Gasteiger partial charge in [-0.3, -0.25) is 29.4 Å². The van der Waals surface area contributed by atoms with Crippen molar-refractivity contribution in [2.45, 2.75) is 26.2 Å². The van der Waals surface area contributed by atoms with Gasteiger partial charge in [0.1, 0.15) is 5.56 Å². The van der Waals surface area contributed by atoms with E-state index < -0.39 is 34.8 Å². The highest BCUT2D eigenvalue weighted by molar-refractivity contribution is 6.24. The fourth-order valence-electron chi connectivity index (χ4n) is 3.08. The Morgan fingerprint density at radius 3 is 2.37 bits per heavy atom. The number of fused-ring (bicyclic) bond motifs is 1. The van der Waals surface area contributed by atoms with Crippen molar-refractivity contribution < 1.29 is 19.3 Å². The van der Waals surface area contributed by atoms with Crippen LogP contribution in [0, 0.1) is 10.1 Å². The summed E-state index contributed by atoms with van der Waals surface area (Å²) in [5.74, 6) is -1.54. The van der Waals surface area contributed by atoms with Crippen molar-refractivity contribution in [3.8, 4) is 0 Å². The molecule has 27 heavy (non-hydrogen) atoms. The smallest absolute Gasteiger partial charge is 0.282 e. The van der Waals surface area contributed by atoms with E-state index in [-0.39, 0.29) is 11.1 Å². The molecular weight excluding hydrogens is 348 g/mol. The second kappa shape index (κ2) is 7.11. The van der Waals surface area contributed by atoms with Gasteiger partial charge in [-0.25, -0.2) is 0 Å². The van der Waals surface area contributed by atoms with Gasteiger partial charge in [0.15, 0.2) is 5.78 Å². The Morgan fingerprint density at radius 2 is 1.78 bits per heavy atom. The molecule has 1 heterocycles. The Labute approximate surface area is 155 Å². The van der Waals surface area contributed by atoms with E-state index >= 15 is 0 Å². The first kappa shape index (κ1) is 18.4. The number of nitrogens with zero attached hydrogens (tertiary/aromatic N) is 2. The van der Waals surface area contributed by atoms with Gasteiger partial charge in [0.2, 0.25) is 0 Å². The number of nitro groups is 1. The topological polar surface area (TPSA) is 97.6 Å². The van der Waals surface area contributed by atoms with Gasteiger partial charge in [-0.05, 0) is 24.0 Å². The summed E-state index contributed by atoms with van der Waals surface area (Å²) in [6, 6.07) is 10.9. The molecule has 1 aliphatic heterocycles. The lowest BCUT2D eigenvalue weighted by Gasteiger charge is -2.13. The van der Waals surface area contributed by atoms with E-state index in [1.807, 2.05) is 12.1 Å². The predicted octanol–water partition coefficient (Wildman–Crippen LogP) is 3.59. The molecule has 1 atom stereocenters. The monoisotopic (exact) mass is 366 g/mol. The molecular formula is C20H18N2O5. The number of ketones is 1. The summed E-state index contributed by atoms with van der Waals surface area (Å²) in [7, 11) is 0. The van der Waals surface area contributed by atoms with Crippen LogP contribution in [0.5, 0.6) is 0 Å². The van der Waals surface area contributed by atoms with Crippen LogP contribution in [0.1, 0.15) is 62.8 Å². The SMILES string of the molecule is CC[C@H](C)c1ccc(C(=O)CN2C(=O)c3cccc([N+](=O)[O-])c3C2=O)cc1. The molecule has 0 radical (unpaired) electrons. The van der Waals surface area contributed by atoms with E-state index in [2.05, 4.69) is 13.8 Å². The second-order valence-corrected chi connectivity index (χ2v) is 6.51. The highest BCUT2D eigenvalue weighted by Gasteiger charge is 2.41. The van der Waals surface area contributed by atoms with Crippen molar-refractivity contribution in [3.05, 3.63) is 74.8 Å². The molecule has 0 spiro atoms. The minimum absolute atomic E-state index is 0.0471. The number of amides is 2. The molecule has 3 rings (SSSR count). The molecule has 1 aliphatic rings. The van der Waals surface area contributed by atoms with E-state index in [1.165, 1.54) is 18.2 Å². The maximum Gasteiger partial charge on any atom is 0.282 e. The average Bonchev–Trinajstić information content (AvgIpc) is 2.92. The third kappa shape index (κ3) is 3.23. The number of imide groups is 1. The molecule has 0 fully saturated rings. The fourth-order valence-corrected chi connectivity index (χ4v) is 3.08. The summed E-state index contributed by atoms with van der Waals surface area (Å²) in [5, 5.41) is 11.1.